The molecule has 7 nitrogen and oxygen atoms in total. The van der Waals surface area contributed by atoms with E-state index in [4.69, 9.17) is 10.5 Å². The van der Waals surface area contributed by atoms with Gasteiger partial charge in [0.05, 0.1) is 18.4 Å². The van der Waals surface area contributed by atoms with Gasteiger partial charge in [-0.15, -0.1) is 5.10 Å². The summed E-state index contributed by atoms with van der Waals surface area (Å²) < 4.78 is 11.5. The number of esters is 1. The molecule has 2 rings (SSSR count). The third-order valence-corrected chi connectivity index (χ3v) is 2.21. The van der Waals surface area contributed by atoms with Crippen LogP contribution >= 0.6 is 0 Å². The summed E-state index contributed by atoms with van der Waals surface area (Å²) in [6.07, 6.45) is 1.50. The highest BCUT2D eigenvalue weighted by atomic mass is 16.5. The number of aryl methyl sites for hydroxylation is 1. The number of carbonyl (C=O) groups excluding carboxylic acids is 1. The number of nitrogens with two attached hydrogens (primary N) is 1. The molecule has 0 amide bonds. The van der Waals surface area contributed by atoms with Crippen LogP contribution in [0.2, 0.25) is 0 Å². The first-order valence-corrected chi connectivity index (χ1v) is 5.11. The van der Waals surface area contributed by atoms with E-state index in [1.165, 1.54) is 24.2 Å². The molecule has 0 spiro atoms. The summed E-state index contributed by atoms with van der Waals surface area (Å²) in [5.74, 6) is -0.155. The highest BCUT2D eigenvalue weighted by Gasteiger charge is 2.11. The highest BCUT2D eigenvalue weighted by Crippen LogP contribution is 2.26. The van der Waals surface area contributed by atoms with Crippen molar-refractivity contribution in [2.75, 3.05) is 12.8 Å². The second kappa shape index (κ2) is 4.74. The van der Waals surface area contributed by atoms with E-state index >= 15 is 0 Å². The van der Waals surface area contributed by atoms with Crippen molar-refractivity contribution in [1.29, 1.82) is 0 Å². The molecule has 7 heteroatoms. The van der Waals surface area contributed by atoms with E-state index in [1.54, 1.807) is 19.2 Å². The lowest BCUT2D eigenvalue weighted by atomic mass is 10.2. The molecule has 0 aliphatic heterocycles. The normalized spacial score (nSPS) is 10.1. The summed E-state index contributed by atoms with van der Waals surface area (Å²) in [6.45, 7) is 0. The maximum Gasteiger partial charge on any atom is 0.341 e. The van der Waals surface area contributed by atoms with Crippen LogP contribution in [0.3, 0.4) is 0 Å². The largest absolute Gasteiger partial charge is 0.465 e. The van der Waals surface area contributed by atoms with Crippen molar-refractivity contribution in [2.24, 2.45) is 7.05 Å². The molecule has 1 heterocycles. The highest BCUT2D eigenvalue weighted by molar-refractivity contribution is 5.90. The van der Waals surface area contributed by atoms with Crippen molar-refractivity contribution in [3.63, 3.8) is 0 Å². The fourth-order valence-electron chi connectivity index (χ4n) is 1.33. The Labute approximate surface area is 103 Å². The maximum atomic E-state index is 11.4. The average molecular weight is 248 g/mol. The van der Waals surface area contributed by atoms with Gasteiger partial charge in [0.15, 0.2) is 5.75 Å². The average Bonchev–Trinajstić information content (AvgIpc) is 2.76. The van der Waals surface area contributed by atoms with Crippen molar-refractivity contribution in [2.45, 2.75) is 0 Å². The van der Waals surface area contributed by atoms with Crippen LogP contribution in [0.5, 0.6) is 11.8 Å². The Morgan fingerprint density at radius 2 is 2.22 bits per heavy atom. The van der Waals surface area contributed by atoms with E-state index in [1.807, 2.05) is 0 Å². The Bertz CT molecular complexity index is 579. The third-order valence-electron chi connectivity index (χ3n) is 2.21. The number of ether oxygens (including phenoxy) is 2. The first-order chi connectivity index (χ1) is 8.60. The summed E-state index contributed by atoms with van der Waals surface area (Å²) >= 11 is 0. The molecule has 0 aliphatic carbocycles. The Balaban J connectivity index is 2.29. The number of nitrogen functional groups attached to an aromatic ring is 1. The van der Waals surface area contributed by atoms with Crippen molar-refractivity contribution < 1.29 is 14.3 Å². The van der Waals surface area contributed by atoms with Gasteiger partial charge in [0, 0.05) is 7.05 Å². The number of carbonyl (C=O) groups is 1. The standard InChI is InChI=1S/C11H12N4O3/c1-15-6-13-11(14-15)18-9-5-7(10(16)17-2)3-4-8(9)12/h3-6H,12H2,1-2H3. The second-order valence-corrected chi connectivity index (χ2v) is 3.55. The monoisotopic (exact) mass is 248 g/mol. The summed E-state index contributed by atoms with van der Waals surface area (Å²) in [4.78, 5) is 15.3. The van der Waals surface area contributed by atoms with Gasteiger partial charge >= 0.3 is 12.0 Å². The molecule has 1 aromatic carbocycles. The van der Waals surface area contributed by atoms with Gasteiger partial charge in [-0.3, -0.25) is 4.68 Å². The summed E-state index contributed by atoms with van der Waals surface area (Å²) in [6, 6.07) is 4.76. The fourth-order valence-corrected chi connectivity index (χ4v) is 1.33. The quantitative estimate of drug-likeness (QED) is 0.642. The molecule has 0 unspecified atom stereocenters. The lowest BCUT2D eigenvalue weighted by Crippen LogP contribution is -2.03. The summed E-state index contributed by atoms with van der Waals surface area (Å²) in [5, 5.41) is 3.95. The molecule has 0 saturated heterocycles. The predicted molar refractivity (Wildman–Crippen MR) is 63.3 cm³/mol. The Morgan fingerprint density at radius 3 is 2.83 bits per heavy atom. The van der Waals surface area contributed by atoms with Gasteiger partial charge in [0.25, 0.3) is 0 Å². The van der Waals surface area contributed by atoms with Crippen molar-refractivity contribution in [3.05, 3.63) is 30.1 Å². The van der Waals surface area contributed by atoms with Crippen LogP contribution in [-0.4, -0.2) is 27.8 Å². The van der Waals surface area contributed by atoms with E-state index in [9.17, 15) is 4.79 Å². The fraction of sp³-hybridized carbons (Fsp3) is 0.182. The minimum absolute atomic E-state index is 0.159. The number of nitrogens with zero attached hydrogens (tertiary/aromatic N) is 3. The van der Waals surface area contributed by atoms with Crippen molar-refractivity contribution in [3.8, 4) is 11.8 Å². The van der Waals surface area contributed by atoms with Crippen molar-refractivity contribution >= 4 is 11.7 Å². The van der Waals surface area contributed by atoms with Crippen LogP contribution in [0.15, 0.2) is 24.5 Å². The van der Waals surface area contributed by atoms with Gasteiger partial charge in [0.1, 0.15) is 6.33 Å². The molecule has 0 atom stereocenters. The van der Waals surface area contributed by atoms with Gasteiger partial charge in [-0.05, 0) is 18.2 Å². The van der Waals surface area contributed by atoms with E-state index in [0.717, 1.165) is 0 Å². The van der Waals surface area contributed by atoms with Crippen LogP contribution in [0.1, 0.15) is 10.4 Å². The second-order valence-electron chi connectivity index (χ2n) is 3.55. The van der Waals surface area contributed by atoms with Crippen LogP contribution in [0, 0.1) is 0 Å². The Hall–Kier alpha value is -2.57. The molecule has 2 aromatic rings. The van der Waals surface area contributed by atoms with Crippen LogP contribution < -0.4 is 10.5 Å². The van der Waals surface area contributed by atoms with Gasteiger partial charge in [-0.2, -0.15) is 4.98 Å². The van der Waals surface area contributed by atoms with E-state index in [-0.39, 0.29) is 6.01 Å². The zero-order chi connectivity index (χ0) is 13.1. The Morgan fingerprint density at radius 1 is 1.44 bits per heavy atom. The van der Waals surface area contributed by atoms with Gasteiger partial charge < -0.3 is 15.2 Å². The molecule has 2 N–H and O–H groups in total. The maximum absolute atomic E-state index is 11.4. The van der Waals surface area contributed by atoms with Crippen LogP contribution in [-0.2, 0) is 11.8 Å². The zero-order valence-corrected chi connectivity index (χ0v) is 9.95. The van der Waals surface area contributed by atoms with E-state index in [2.05, 4.69) is 14.8 Å². The van der Waals surface area contributed by atoms with E-state index < -0.39 is 5.97 Å². The van der Waals surface area contributed by atoms with Crippen molar-refractivity contribution in [1.82, 2.24) is 14.8 Å². The van der Waals surface area contributed by atoms with Crippen LogP contribution in [0.25, 0.3) is 0 Å². The molecule has 0 fully saturated rings. The lowest BCUT2D eigenvalue weighted by molar-refractivity contribution is 0.0600. The first kappa shape index (κ1) is 11.9. The van der Waals surface area contributed by atoms with Gasteiger partial charge in [-0.1, -0.05) is 0 Å². The summed E-state index contributed by atoms with van der Waals surface area (Å²) in [7, 11) is 3.02. The number of anilines is 1. The number of benzene rings is 1. The molecule has 94 valence electrons. The molecule has 0 bridgehead atoms. The molecular formula is C11H12N4O3. The number of hydrogen-bond donors (Lipinski definition) is 1. The SMILES string of the molecule is COC(=O)c1ccc(N)c(Oc2ncn(C)n2)c1. The topological polar surface area (TPSA) is 92.3 Å². The van der Waals surface area contributed by atoms with E-state index in [0.29, 0.717) is 17.0 Å². The smallest absolute Gasteiger partial charge is 0.341 e. The number of aromatic nitrogens is 3. The van der Waals surface area contributed by atoms with Gasteiger partial charge in [0.2, 0.25) is 0 Å². The molecular weight excluding hydrogens is 236 g/mol. The number of hydrogen-bond acceptors (Lipinski definition) is 6. The number of rotatable bonds is 3. The number of methoxy groups -OCH3 is 1. The molecule has 0 saturated carbocycles. The van der Waals surface area contributed by atoms with Crippen LogP contribution in [0.4, 0.5) is 5.69 Å². The minimum Gasteiger partial charge on any atom is -0.465 e. The molecule has 0 radical (unpaired) electrons. The molecule has 0 aliphatic rings. The van der Waals surface area contributed by atoms with Gasteiger partial charge in [-0.25, -0.2) is 4.79 Å². The third kappa shape index (κ3) is 2.40. The molecule has 18 heavy (non-hydrogen) atoms. The first-order valence-electron chi connectivity index (χ1n) is 5.11. The minimum atomic E-state index is -0.464. The summed E-state index contributed by atoms with van der Waals surface area (Å²) in [5.41, 5.74) is 6.48. The Kier molecular flexibility index (Phi) is 3.13. The molecule has 1 aromatic heterocycles. The lowest BCUT2D eigenvalue weighted by Gasteiger charge is -2.06. The predicted octanol–water partition coefficient (Wildman–Crippen LogP) is 0.976. The zero-order valence-electron chi connectivity index (χ0n) is 9.95.